The molecule has 0 aliphatic rings. The molecule has 7 heteroatoms. The average Bonchev–Trinajstić information content (AvgIpc) is 3.11. The number of carbonyl (C=O) groups excluding carboxylic acids is 2. The van der Waals surface area contributed by atoms with Crippen LogP contribution in [0.5, 0.6) is 0 Å². The molecule has 152 valence electrons. The molecule has 0 spiro atoms. The molecule has 4 rings (SSSR count). The summed E-state index contributed by atoms with van der Waals surface area (Å²) in [6.07, 6.45) is 3.20. The Kier molecular flexibility index (Phi) is 5.68. The van der Waals surface area contributed by atoms with Crippen molar-refractivity contribution in [3.05, 3.63) is 70.5 Å². The second kappa shape index (κ2) is 8.55. The van der Waals surface area contributed by atoms with Crippen LogP contribution >= 0.6 is 11.6 Å². The van der Waals surface area contributed by atoms with E-state index in [1.165, 1.54) is 0 Å². The van der Waals surface area contributed by atoms with Crippen LogP contribution in [0.3, 0.4) is 0 Å². The third-order valence-corrected chi connectivity index (χ3v) is 5.18. The number of halogens is 1. The summed E-state index contributed by atoms with van der Waals surface area (Å²) in [5, 5.41) is 5.66. The number of nitrogens with one attached hydrogen (secondary N) is 2. The number of pyridine rings is 1. The van der Waals surface area contributed by atoms with Crippen LogP contribution in [0.1, 0.15) is 33.3 Å². The fraction of sp³-hybridized carbons (Fsp3) is 0.174. The zero-order valence-corrected chi connectivity index (χ0v) is 17.1. The highest BCUT2D eigenvalue weighted by Crippen LogP contribution is 2.29. The maximum Gasteiger partial charge on any atom is 0.338 e. The van der Waals surface area contributed by atoms with Crippen LogP contribution in [0.4, 0.5) is 5.69 Å². The Bertz CT molecular complexity index is 1230. The number of rotatable bonds is 7. The molecule has 2 aromatic heterocycles. The fourth-order valence-corrected chi connectivity index (χ4v) is 3.65. The highest BCUT2D eigenvalue weighted by Gasteiger charge is 2.14. The Labute approximate surface area is 178 Å². The van der Waals surface area contributed by atoms with Gasteiger partial charge in [0.25, 0.3) is 0 Å². The molecule has 0 saturated heterocycles. The van der Waals surface area contributed by atoms with E-state index in [0.29, 0.717) is 35.7 Å². The van der Waals surface area contributed by atoms with Gasteiger partial charge in [0.05, 0.1) is 23.2 Å². The van der Waals surface area contributed by atoms with E-state index in [-0.39, 0.29) is 5.97 Å². The van der Waals surface area contributed by atoms with Gasteiger partial charge in [0.1, 0.15) is 0 Å². The Balaban J connectivity index is 1.52. The lowest BCUT2D eigenvalue weighted by Gasteiger charge is -2.07. The van der Waals surface area contributed by atoms with Crippen molar-refractivity contribution >= 4 is 51.3 Å². The summed E-state index contributed by atoms with van der Waals surface area (Å²) in [6.45, 7) is 2.74. The second-order valence-corrected chi connectivity index (χ2v) is 7.25. The lowest BCUT2D eigenvalue weighted by molar-refractivity contribution is 0.0526. The van der Waals surface area contributed by atoms with Gasteiger partial charge < -0.3 is 15.0 Å². The summed E-state index contributed by atoms with van der Waals surface area (Å²) in [5.41, 5.74) is 4.52. The van der Waals surface area contributed by atoms with E-state index < -0.39 is 0 Å². The number of nitrogens with zero attached hydrogens (tertiary/aromatic N) is 1. The number of ether oxygens (including phenoxy) is 1. The van der Waals surface area contributed by atoms with Crippen LogP contribution in [-0.4, -0.2) is 35.4 Å². The Morgan fingerprint density at radius 2 is 2.00 bits per heavy atom. The van der Waals surface area contributed by atoms with Gasteiger partial charge in [-0.1, -0.05) is 11.6 Å². The van der Waals surface area contributed by atoms with Gasteiger partial charge >= 0.3 is 5.97 Å². The number of fused-ring (bicyclic) bond motifs is 3. The molecule has 0 bridgehead atoms. The molecule has 0 aliphatic heterocycles. The van der Waals surface area contributed by atoms with Gasteiger partial charge in [0, 0.05) is 51.9 Å². The van der Waals surface area contributed by atoms with Crippen molar-refractivity contribution in [2.45, 2.75) is 13.3 Å². The summed E-state index contributed by atoms with van der Waals surface area (Å²) in [5.74, 6) is -0.333. The molecule has 0 unspecified atom stereocenters. The molecule has 0 radical (unpaired) electrons. The standard InChI is InChI=1S/C23H20ClN3O3/c1-2-30-23(29)14-3-6-16(7-4-14)25-10-9-20-19(13-28)18-12-26-21-11-15(24)5-8-17(21)22(18)27-20/h3-8,11-13,25,27H,2,9-10H2,1H3. The largest absolute Gasteiger partial charge is 0.462 e. The van der Waals surface area contributed by atoms with Crippen LogP contribution in [0.25, 0.3) is 21.8 Å². The SMILES string of the molecule is CCOC(=O)c1ccc(NCCc2[nH]c3c(cnc4cc(Cl)ccc43)c2C=O)cc1. The van der Waals surface area contributed by atoms with Gasteiger partial charge in [-0.3, -0.25) is 9.78 Å². The zero-order valence-electron chi connectivity index (χ0n) is 16.4. The number of H-pyrrole nitrogens is 1. The first-order valence-corrected chi connectivity index (χ1v) is 10.0. The Hall–Kier alpha value is -3.38. The molecule has 0 fully saturated rings. The number of hydrogen-bond acceptors (Lipinski definition) is 5. The molecule has 2 N–H and O–H groups in total. The Morgan fingerprint density at radius 1 is 1.20 bits per heavy atom. The minimum absolute atomic E-state index is 0.333. The maximum absolute atomic E-state index is 11.7. The molecule has 0 atom stereocenters. The van der Waals surface area contributed by atoms with Gasteiger partial charge in [-0.25, -0.2) is 4.79 Å². The fourth-order valence-electron chi connectivity index (χ4n) is 3.49. The van der Waals surface area contributed by atoms with Crippen molar-refractivity contribution in [3.8, 4) is 0 Å². The molecule has 30 heavy (non-hydrogen) atoms. The third kappa shape index (κ3) is 3.86. The van der Waals surface area contributed by atoms with Gasteiger partial charge in [-0.15, -0.1) is 0 Å². The van der Waals surface area contributed by atoms with Crippen LogP contribution < -0.4 is 5.32 Å². The normalized spacial score (nSPS) is 11.0. The Morgan fingerprint density at radius 3 is 2.73 bits per heavy atom. The molecule has 0 aliphatic carbocycles. The van der Waals surface area contributed by atoms with Crippen molar-refractivity contribution < 1.29 is 14.3 Å². The highest BCUT2D eigenvalue weighted by molar-refractivity contribution is 6.31. The number of aromatic nitrogens is 2. The molecule has 0 amide bonds. The second-order valence-electron chi connectivity index (χ2n) is 6.82. The quantitative estimate of drug-likeness (QED) is 0.323. The molecule has 2 aromatic carbocycles. The number of hydrogen-bond donors (Lipinski definition) is 2. The van der Waals surface area contributed by atoms with Crippen molar-refractivity contribution in [3.63, 3.8) is 0 Å². The van der Waals surface area contributed by atoms with Crippen molar-refractivity contribution in [2.24, 2.45) is 0 Å². The third-order valence-electron chi connectivity index (χ3n) is 4.94. The monoisotopic (exact) mass is 421 g/mol. The van der Waals surface area contributed by atoms with Gasteiger partial charge in [0.15, 0.2) is 6.29 Å². The average molecular weight is 422 g/mol. The van der Waals surface area contributed by atoms with E-state index in [2.05, 4.69) is 15.3 Å². The van der Waals surface area contributed by atoms with E-state index in [0.717, 1.165) is 39.5 Å². The first kappa shape index (κ1) is 19.9. The number of benzene rings is 2. The molecule has 0 saturated carbocycles. The minimum Gasteiger partial charge on any atom is -0.462 e. The summed E-state index contributed by atoms with van der Waals surface area (Å²) in [4.78, 5) is 31.3. The van der Waals surface area contributed by atoms with E-state index in [4.69, 9.17) is 16.3 Å². The first-order valence-electron chi connectivity index (χ1n) is 9.65. The van der Waals surface area contributed by atoms with E-state index >= 15 is 0 Å². The molecular weight excluding hydrogens is 402 g/mol. The van der Waals surface area contributed by atoms with Crippen molar-refractivity contribution in [1.82, 2.24) is 9.97 Å². The van der Waals surface area contributed by atoms with Crippen LogP contribution in [0.15, 0.2) is 48.7 Å². The summed E-state index contributed by atoms with van der Waals surface area (Å²) in [6, 6.07) is 12.6. The summed E-state index contributed by atoms with van der Waals surface area (Å²) < 4.78 is 4.99. The first-order chi connectivity index (χ1) is 14.6. The molecule has 4 aromatic rings. The van der Waals surface area contributed by atoms with E-state index in [1.807, 2.05) is 24.3 Å². The van der Waals surface area contributed by atoms with Gasteiger partial charge in [0.2, 0.25) is 0 Å². The predicted molar refractivity (Wildman–Crippen MR) is 119 cm³/mol. The van der Waals surface area contributed by atoms with Gasteiger partial charge in [-0.05, 0) is 49.4 Å². The number of carbonyl (C=O) groups is 2. The lowest BCUT2D eigenvalue weighted by atomic mass is 10.1. The zero-order chi connectivity index (χ0) is 21.1. The van der Waals surface area contributed by atoms with Crippen LogP contribution in [-0.2, 0) is 11.2 Å². The smallest absolute Gasteiger partial charge is 0.338 e. The molecular formula is C23H20ClN3O3. The molecule has 6 nitrogen and oxygen atoms in total. The summed E-state index contributed by atoms with van der Waals surface area (Å²) >= 11 is 6.06. The maximum atomic E-state index is 11.7. The number of aldehydes is 1. The van der Waals surface area contributed by atoms with Crippen LogP contribution in [0, 0.1) is 0 Å². The number of esters is 1. The summed E-state index contributed by atoms with van der Waals surface area (Å²) in [7, 11) is 0. The predicted octanol–water partition coefficient (Wildman–Crippen LogP) is 5.01. The topological polar surface area (TPSA) is 84.1 Å². The van der Waals surface area contributed by atoms with Crippen LogP contribution in [0.2, 0.25) is 5.02 Å². The lowest BCUT2D eigenvalue weighted by Crippen LogP contribution is -2.07. The number of aromatic amines is 1. The minimum atomic E-state index is -0.333. The van der Waals surface area contributed by atoms with Crippen molar-refractivity contribution in [2.75, 3.05) is 18.5 Å². The van der Waals surface area contributed by atoms with Gasteiger partial charge in [-0.2, -0.15) is 0 Å². The van der Waals surface area contributed by atoms with E-state index in [9.17, 15) is 9.59 Å². The highest BCUT2D eigenvalue weighted by atomic mass is 35.5. The molecule has 2 heterocycles. The number of anilines is 1. The van der Waals surface area contributed by atoms with E-state index in [1.54, 1.807) is 31.3 Å². The van der Waals surface area contributed by atoms with Crippen molar-refractivity contribution in [1.29, 1.82) is 0 Å².